The molecule has 2 heterocycles. The van der Waals surface area contributed by atoms with Gasteiger partial charge in [-0.3, -0.25) is 14.2 Å². The number of aromatic nitrogens is 3. The summed E-state index contributed by atoms with van der Waals surface area (Å²) in [5, 5.41) is 7.78. The maximum absolute atomic E-state index is 12.9. The Kier molecular flexibility index (Phi) is 6.71. The molecule has 0 aromatic carbocycles. The van der Waals surface area contributed by atoms with Gasteiger partial charge in [-0.1, -0.05) is 19.3 Å². The number of nitrogens with zero attached hydrogens (tertiary/aromatic N) is 3. The van der Waals surface area contributed by atoms with Gasteiger partial charge in [0.25, 0.3) is 0 Å². The van der Waals surface area contributed by atoms with Crippen molar-refractivity contribution < 1.29 is 18.4 Å². The molecule has 1 fully saturated rings. The largest absolute Gasteiger partial charge is 0.349 e. The molecule has 0 atom stereocenters. The Balaban J connectivity index is 1.58. The van der Waals surface area contributed by atoms with Gasteiger partial charge in [-0.15, -0.1) is 11.3 Å². The first-order chi connectivity index (χ1) is 13.5. The summed E-state index contributed by atoms with van der Waals surface area (Å²) in [4.78, 5) is 32.9. The van der Waals surface area contributed by atoms with Crippen molar-refractivity contribution in [1.29, 1.82) is 0 Å². The van der Waals surface area contributed by atoms with Crippen LogP contribution in [0.5, 0.6) is 0 Å². The first-order valence-corrected chi connectivity index (χ1v) is 10.1. The van der Waals surface area contributed by atoms with Crippen LogP contribution in [0.15, 0.2) is 24.0 Å². The van der Waals surface area contributed by atoms with E-state index in [2.05, 4.69) is 20.6 Å². The van der Waals surface area contributed by atoms with Crippen molar-refractivity contribution in [2.75, 3.05) is 5.32 Å². The number of amides is 2. The number of thiazole rings is 1. The summed E-state index contributed by atoms with van der Waals surface area (Å²) in [7, 11) is 0. The molecule has 152 valence electrons. The van der Waals surface area contributed by atoms with Gasteiger partial charge in [0.1, 0.15) is 5.82 Å². The number of hydrogen-bond acceptors (Lipinski definition) is 5. The normalized spacial score (nSPS) is 16.1. The van der Waals surface area contributed by atoms with E-state index < -0.39 is 12.0 Å². The van der Waals surface area contributed by atoms with Crippen molar-refractivity contribution in [2.45, 2.75) is 58.0 Å². The molecule has 7 nitrogen and oxygen atoms in total. The van der Waals surface area contributed by atoms with Gasteiger partial charge < -0.3 is 10.6 Å². The molecule has 0 aliphatic heterocycles. The van der Waals surface area contributed by atoms with E-state index in [0.717, 1.165) is 36.7 Å². The second kappa shape index (κ2) is 9.22. The fourth-order valence-corrected chi connectivity index (χ4v) is 4.29. The highest BCUT2D eigenvalue weighted by Gasteiger charge is 2.36. The van der Waals surface area contributed by atoms with Crippen molar-refractivity contribution in [3.8, 4) is 0 Å². The lowest BCUT2D eigenvalue weighted by Gasteiger charge is -2.36. The first kappa shape index (κ1) is 20.4. The van der Waals surface area contributed by atoms with E-state index in [9.17, 15) is 18.4 Å². The highest BCUT2D eigenvalue weighted by atomic mass is 32.1. The molecule has 2 amide bonds. The highest BCUT2D eigenvalue weighted by molar-refractivity contribution is 7.13. The Labute approximate surface area is 165 Å². The maximum atomic E-state index is 12.9. The smallest absolute Gasteiger partial charge is 0.319 e. The standard InChI is InChI=1S/C18H23F2N5O2S/c19-16(20)25-8-6-21-13(25)12-23-14(26)10-18(4-2-1-3-5-18)11-15(27)24-17-22-7-9-28-17/h6-9,16H,1-5,10-12H2,(H,23,26)(H,22,24,27). The molecular weight excluding hydrogens is 388 g/mol. The highest BCUT2D eigenvalue weighted by Crippen LogP contribution is 2.42. The lowest BCUT2D eigenvalue weighted by atomic mass is 9.69. The fourth-order valence-electron chi connectivity index (χ4n) is 3.75. The van der Waals surface area contributed by atoms with Gasteiger partial charge in [0.15, 0.2) is 5.13 Å². The second-order valence-electron chi connectivity index (χ2n) is 7.10. The molecule has 0 spiro atoms. The monoisotopic (exact) mass is 411 g/mol. The quantitative estimate of drug-likeness (QED) is 0.693. The van der Waals surface area contributed by atoms with Crippen LogP contribution < -0.4 is 10.6 Å². The summed E-state index contributed by atoms with van der Waals surface area (Å²) in [5.74, 6) is -0.312. The Bertz CT molecular complexity index is 788. The zero-order valence-electron chi connectivity index (χ0n) is 15.4. The number of carbonyl (C=O) groups excluding carboxylic acids is 2. The van der Waals surface area contributed by atoms with Gasteiger partial charge in [-0.2, -0.15) is 8.78 Å². The van der Waals surface area contributed by atoms with E-state index in [1.807, 2.05) is 0 Å². The molecule has 2 N–H and O–H groups in total. The number of carbonyl (C=O) groups is 2. The van der Waals surface area contributed by atoms with Gasteiger partial charge in [0, 0.05) is 36.8 Å². The van der Waals surface area contributed by atoms with E-state index in [0.29, 0.717) is 5.13 Å². The van der Waals surface area contributed by atoms with Crippen LogP contribution in [0.4, 0.5) is 13.9 Å². The van der Waals surface area contributed by atoms with Crippen LogP contribution in [0.3, 0.4) is 0 Å². The maximum Gasteiger partial charge on any atom is 0.319 e. The van der Waals surface area contributed by atoms with Crippen molar-refractivity contribution >= 4 is 28.3 Å². The zero-order valence-corrected chi connectivity index (χ0v) is 16.2. The number of rotatable bonds is 8. The molecule has 0 radical (unpaired) electrons. The van der Waals surface area contributed by atoms with Crippen molar-refractivity contribution in [1.82, 2.24) is 19.9 Å². The summed E-state index contributed by atoms with van der Waals surface area (Å²) in [6.07, 6.45) is 9.10. The summed E-state index contributed by atoms with van der Waals surface area (Å²) < 4.78 is 26.5. The van der Waals surface area contributed by atoms with E-state index >= 15 is 0 Å². The van der Waals surface area contributed by atoms with Crippen LogP contribution >= 0.6 is 11.3 Å². The fraction of sp³-hybridized carbons (Fsp3) is 0.556. The molecule has 10 heteroatoms. The Morgan fingerprint density at radius 2 is 1.89 bits per heavy atom. The third-order valence-electron chi connectivity index (χ3n) is 5.07. The minimum Gasteiger partial charge on any atom is -0.349 e. The molecule has 0 saturated heterocycles. The molecule has 0 unspecified atom stereocenters. The molecule has 0 bridgehead atoms. The molecule has 1 aliphatic carbocycles. The topological polar surface area (TPSA) is 88.9 Å². The van der Waals surface area contributed by atoms with E-state index in [1.54, 1.807) is 11.6 Å². The molecule has 1 aliphatic rings. The Morgan fingerprint density at radius 1 is 1.14 bits per heavy atom. The van der Waals surface area contributed by atoms with Gasteiger partial charge in [0.2, 0.25) is 11.8 Å². The minimum atomic E-state index is -2.70. The van der Waals surface area contributed by atoms with Gasteiger partial charge in [-0.05, 0) is 18.3 Å². The average Bonchev–Trinajstić information content (AvgIpc) is 3.32. The van der Waals surface area contributed by atoms with Crippen LogP contribution in [0.1, 0.15) is 57.3 Å². The Hall–Kier alpha value is -2.36. The summed E-state index contributed by atoms with van der Waals surface area (Å²) in [6.45, 7) is -2.77. The Morgan fingerprint density at radius 3 is 2.57 bits per heavy atom. The van der Waals surface area contributed by atoms with E-state index in [1.165, 1.54) is 23.7 Å². The lowest BCUT2D eigenvalue weighted by Crippen LogP contribution is -2.36. The van der Waals surface area contributed by atoms with Crippen LogP contribution in [0.25, 0.3) is 0 Å². The van der Waals surface area contributed by atoms with Crippen LogP contribution in [0.2, 0.25) is 0 Å². The number of hydrogen-bond donors (Lipinski definition) is 2. The van der Waals surface area contributed by atoms with Gasteiger partial charge >= 0.3 is 6.55 Å². The zero-order chi connectivity index (χ0) is 20.0. The van der Waals surface area contributed by atoms with E-state index in [4.69, 9.17) is 0 Å². The molecular formula is C18H23F2N5O2S. The van der Waals surface area contributed by atoms with Crippen molar-refractivity contribution in [3.05, 3.63) is 29.8 Å². The van der Waals surface area contributed by atoms with E-state index in [-0.39, 0.29) is 37.0 Å². The number of halogens is 2. The SMILES string of the molecule is O=C(CC1(CC(=O)Nc2nccs2)CCCCC1)NCc1nccn1C(F)F. The molecule has 3 rings (SSSR count). The van der Waals surface area contributed by atoms with Crippen LogP contribution in [-0.2, 0) is 16.1 Å². The van der Waals surface area contributed by atoms with Gasteiger partial charge in [0.05, 0.1) is 6.54 Å². The molecule has 1 saturated carbocycles. The van der Waals surface area contributed by atoms with Crippen LogP contribution in [0, 0.1) is 5.41 Å². The van der Waals surface area contributed by atoms with Crippen molar-refractivity contribution in [2.24, 2.45) is 5.41 Å². The summed E-state index contributed by atoms with van der Waals surface area (Å²) in [5.41, 5.74) is -0.415. The summed E-state index contributed by atoms with van der Waals surface area (Å²) >= 11 is 1.34. The molecule has 2 aromatic rings. The third kappa shape index (κ3) is 5.34. The predicted molar refractivity (Wildman–Crippen MR) is 101 cm³/mol. The van der Waals surface area contributed by atoms with Crippen LogP contribution in [-0.4, -0.2) is 26.3 Å². The predicted octanol–water partition coefficient (Wildman–Crippen LogP) is 3.72. The minimum absolute atomic E-state index is 0.0719. The van der Waals surface area contributed by atoms with Gasteiger partial charge in [-0.25, -0.2) is 9.97 Å². The lowest BCUT2D eigenvalue weighted by molar-refractivity contribution is -0.126. The molecule has 2 aromatic heterocycles. The summed E-state index contributed by atoms with van der Waals surface area (Å²) in [6, 6.07) is 0. The number of imidazole rings is 1. The molecule has 28 heavy (non-hydrogen) atoms. The average molecular weight is 411 g/mol. The third-order valence-corrected chi connectivity index (χ3v) is 5.76. The number of anilines is 1. The van der Waals surface area contributed by atoms with Crippen molar-refractivity contribution in [3.63, 3.8) is 0 Å². The number of alkyl halides is 2. The first-order valence-electron chi connectivity index (χ1n) is 9.23. The second-order valence-corrected chi connectivity index (χ2v) is 8.00. The number of nitrogens with one attached hydrogen (secondary N) is 2.